The van der Waals surface area contributed by atoms with Crippen molar-refractivity contribution in [2.45, 2.75) is 31.3 Å². The van der Waals surface area contributed by atoms with Crippen molar-refractivity contribution in [2.24, 2.45) is 0 Å². The van der Waals surface area contributed by atoms with Crippen molar-refractivity contribution in [1.82, 2.24) is 15.5 Å². The first-order valence-electron chi connectivity index (χ1n) is 6.88. The molecule has 0 aromatic heterocycles. The van der Waals surface area contributed by atoms with Crippen molar-refractivity contribution in [3.8, 4) is 0 Å². The van der Waals surface area contributed by atoms with E-state index < -0.39 is 0 Å². The maximum atomic E-state index is 11.9. The number of hydrogen-bond acceptors (Lipinski definition) is 2. The van der Waals surface area contributed by atoms with Gasteiger partial charge in [0.05, 0.1) is 12.5 Å². The number of urea groups is 1. The number of amides is 3. The highest BCUT2D eigenvalue weighted by atomic mass is 16.2. The lowest BCUT2D eigenvalue weighted by atomic mass is 10.0. The first kappa shape index (κ1) is 14.4. The minimum absolute atomic E-state index is 0.00873. The molecule has 1 fully saturated rings. The minimum Gasteiger partial charge on any atom is -0.349 e. The van der Waals surface area contributed by atoms with Gasteiger partial charge in [-0.1, -0.05) is 30.3 Å². The summed E-state index contributed by atoms with van der Waals surface area (Å²) in [7, 11) is 3.43. The average molecular weight is 275 g/mol. The van der Waals surface area contributed by atoms with Gasteiger partial charge in [0, 0.05) is 20.1 Å². The summed E-state index contributed by atoms with van der Waals surface area (Å²) in [6.07, 6.45) is 2.34. The first-order chi connectivity index (χ1) is 9.56. The maximum absolute atomic E-state index is 11.9. The molecule has 5 nitrogen and oxygen atoms in total. The Hall–Kier alpha value is -2.04. The van der Waals surface area contributed by atoms with E-state index in [0.717, 1.165) is 18.4 Å². The molecule has 1 aliphatic rings. The van der Waals surface area contributed by atoms with Gasteiger partial charge in [0.15, 0.2) is 0 Å². The lowest BCUT2D eigenvalue weighted by molar-refractivity contribution is -0.129. The van der Waals surface area contributed by atoms with E-state index in [2.05, 4.69) is 10.6 Å². The maximum Gasteiger partial charge on any atom is 0.315 e. The number of nitrogens with one attached hydrogen (secondary N) is 2. The minimum atomic E-state index is -0.301. The predicted molar refractivity (Wildman–Crippen MR) is 77.2 cm³/mol. The van der Waals surface area contributed by atoms with Crippen molar-refractivity contribution in [3.05, 3.63) is 35.9 Å². The molecule has 5 heteroatoms. The molecule has 1 aliphatic carbocycles. The Bertz CT molecular complexity index is 469. The second-order valence-electron chi connectivity index (χ2n) is 5.35. The van der Waals surface area contributed by atoms with Crippen LogP contribution in [0.2, 0.25) is 0 Å². The van der Waals surface area contributed by atoms with Crippen LogP contribution in [0.15, 0.2) is 30.3 Å². The van der Waals surface area contributed by atoms with Crippen LogP contribution in [0.3, 0.4) is 0 Å². The van der Waals surface area contributed by atoms with Crippen molar-refractivity contribution >= 4 is 11.9 Å². The van der Waals surface area contributed by atoms with E-state index >= 15 is 0 Å². The number of hydrogen-bond donors (Lipinski definition) is 2. The van der Waals surface area contributed by atoms with Crippen molar-refractivity contribution in [3.63, 3.8) is 0 Å². The SMILES string of the molecule is CN(C)C(=O)CC(NC(=O)NC1CC1)c1ccccc1. The molecule has 0 aliphatic heterocycles. The molecule has 0 bridgehead atoms. The Balaban J connectivity index is 2.02. The van der Waals surface area contributed by atoms with E-state index in [4.69, 9.17) is 0 Å². The molecule has 2 N–H and O–H groups in total. The summed E-state index contributed by atoms with van der Waals surface area (Å²) in [5.41, 5.74) is 0.939. The Labute approximate surface area is 119 Å². The van der Waals surface area contributed by atoms with E-state index in [9.17, 15) is 9.59 Å². The van der Waals surface area contributed by atoms with Crippen molar-refractivity contribution in [1.29, 1.82) is 0 Å². The summed E-state index contributed by atoms with van der Waals surface area (Å²) in [4.78, 5) is 25.3. The molecule has 0 radical (unpaired) electrons. The third-order valence-electron chi connectivity index (χ3n) is 3.30. The van der Waals surface area contributed by atoms with Crippen LogP contribution < -0.4 is 10.6 Å². The second kappa shape index (κ2) is 6.41. The summed E-state index contributed by atoms with van der Waals surface area (Å²) >= 11 is 0. The molecular formula is C15H21N3O2. The molecule has 1 aromatic rings. The van der Waals surface area contributed by atoms with Crippen LogP contribution in [0.4, 0.5) is 4.79 Å². The second-order valence-corrected chi connectivity index (χ2v) is 5.35. The zero-order valence-corrected chi connectivity index (χ0v) is 11.9. The topological polar surface area (TPSA) is 61.4 Å². The average Bonchev–Trinajstić information content (AvgIpc) is 3.22. The molecule has 2 rings (SSSR count). The van der Waals surface area contributed by atoms with Crippen LogP contribution in [0, 0.1) is 0 Å². The fourth-order valence-electron chi connectivity index (χ4n) is 1.91. The fourth-order valence-corrected chi connectivity index (χ4v) is 1.91. The van der Waals surface area contributed by atoms with Crippen LogP contribution in [0.5, 0.6) is 0 Å². The number of carbonyl (C=O) groups is 2. The summed E-state index contributed by atoms with van der Waals surface area (Å²) in [5, 5.41) is 5.77. The van der Waals surface area contributed by atoms with Gasteiger partial charge in [-0.15, -0.1) is 0 Å². The standard InChI is InChI=1S/C15H21N3O2/c1-18(2)14(19)10-13(11-6-4-3-5-7-11)17-15(20)16-12-8-9-12/h3-7,12-13H,8-10H2,1-2H3,(H2,16,17,20). The highest BCUT2D eigenvalue weighted by molar-refractivity contribution is 5.79. The van der Waals surface area contributed by atoms with E-state index in [1.165, 1.54) is 4.90 Å². The van der Waals surface area contributed by atoms with Crippen LogP contribution in [0.1, 0.15) is 30.9 Å². The molecule has 3 amide bonds. The molecule has 1 saturated carbocycles. The summed E-state index contributed by atoms with van der Waals surface area (Å²) in [6.45, 7) is 0. The number of benzene rings is 1. The van der Waals surface area contributed by atoms with E-state index in [0.29, 0.717) is 6.04 Å². The van der Waals surface area contributed by atoms with Gasteiger partial charge >= 0.3 is 6.03 Å². The highest BCUT2D eigenvalue weighted by Gasteiger charge is 2.25. The predicted octanol–water partition coefficient (Wildman–Crippen LogP) is 1.67. The van der Waals surface area contributed by atoms with Gasteiger partial charge in [-0.05, 0) is 18.4 Å². The quantitative estimate of drug-likeness (QED) is 0.858. The van der Waals surface area contributed by atoms with E-state index in [1.807, 2.05) is 30.3 Å². The fraction of sp³-hybridized carbons (Fsp3) is 0.467. The van der Waals surface area contributed by atoms with Gasteiger partial charge in [0.25, 0.3) is 0 Å². The van der Waals surface area contributed by atoms with E-state index in [-0.39, 0.29) is 24.4 Å². The Morgan fingerprint density at radius 2 is 1.90 bits per heavy atom. The van der Waals surface area contributed by atoms with Gasteiger partial charge in [-0.3, -0.25) is 4.79 Å². The summed E-state index contributed by atoms with van der Waals surface area (Å²) < 4.78 is 0. The number of carbonyl (C=O) groups excluding carboxylic acids is 2. The van der Waals surface area contributed by atoms with Crippen molar-refractivity contribution in [2.75, 3.05) is 14.1 Å². The Kier molecular flexibility index (Phi) is 4.61. The lowest BCUT2D eigenvalue weighted by Gasteiger charge is -2.21. The van der Waals surface area contributed by atoms with E-state index in [1.54, 1.807) is 14.1 Å². The molecule has 1 aromatic carbocycles. The molecular weight excluding hydrogens is 254 g/mol. The summed E-state index contributed by atoms with van der Waals surface area (Å²) in [6, 6.07) is 9.37. The highest BCUT2D eigenvalue weighted by Crippen LogP contribution is 2.20. The third kappa shape index (κ3) is 4.26. The molecule has 0 spiro atoms. The van der Waals surface area contributed by atoms with Gasteiger partial charge in [0.2, 0.25) is 5.91 Å². The normalized spacial score (nSPS) is 15.3. The lowest BCUT2D eigenvalue weighted by Crippen LogP contribution is -2.40. The molecule has 108 valence electrons. The van der Waals surface area contributed by atoms with Crippen LogP contribution in [-0.4, -0.2) is 37.0 Å². The molecule has 1 unspecified atom stereocenters. The van der Waals surface area contributed by atoms with Crippen molar-refractivity contribution < 1.29 is 9.59 Å². The largest absolute Gasteiger partial charge is 0.349 e. The zero-order chi connectivity index (χ0) is 14.5. The smallest absolute Gasteiger partial charge is 0.315 e. The molecule has 1 atom stereocenters. The van der Waals surface area contributed by atoms with Crippen LogP contribution in [-0.2, 0) is 4.79 Å². The van der Waals surface area contributed by atoms with Gasteiger partial charge in [-0.2, -0.15) is 0 Å². The molecule has 0 saturated heterocycles. The molecule has 20 heavy (non-hydrogen) atoms. The number of rotatable bonds is 5. The Morgan fingerprint density at radius 1 is 1.25 bits per heavy atom. The monoisotopic (exact) mass is 275 g/mol. The van der Waals surface area contributed by atoms with Crippen LogP contribution >= 0.6 is 0 Å². The van der Waals surface area contributed by atoms with Gasteiger partial charge in [-0.25, -0.2) is 4.79 Å². The first-order valence-corrected chi connectivity index (χ1v) is 6.88. The Morgan fingerprint density at radius 3 is 2.45 bits per heavy atom. The number of nitrogens with zero attached hydrogens (tertiary/aromatic N) is 1. The molecule has 0 heterocycles. The third-order valence-corrected chi connectivity index (χ3v) is 3.30. The van der Waals surface area contributed by atoms with Gasteiger partial charge in [0.1, 0.15) is 0 Å². The summed E-state index contributed by atoms with van der Waals surface area (Å²) in [5.74, 6) is -0.00873. The van der Waals surface area contributed by atoms with Gasteiger partial charge < -0.3 is 15.5 Å². The van der Waals surface area contributed by atoms with Crippen LogP contribution in [0.25, 0.3) is 0 Å². The zero-order valence-electron chi connectivity index (χ0n) is 11.9.